The predicted molar refractivity (Wildman–Crippen MR) is 149 cm³/mol. The van der Waals surface area contributed by atoms with Crippen LogP contribution < -0.4 is 0 Å². The van der Waals surface area contributed by atoms with E-state index in [1.54, 1.807) is 0 Å². The first-order valence-electron chi connectivity index (χ1n) is 15.4. The largest absolute Gasteiger partial charge is 0.481 e. The molecule has 0 saturated carbocycles. The Hall–Kier alpha value is -1.82. The molecule has 0 spiro atoms. The van der Waals surface area contributed by atoms with Crippen LogP contribution in [0.3, 0.4) is 0 Å². The van der Waals surface area contributed by atoms with E-state index >= 15 is 0 Å². The maximum absolute atomic E-state index is 12.4. The van der Waals surface area contributed by atoms with E-state index in [1.807, 2.05) is 0 Å². The number of carboxylic acid groups (broad SMARTS) is 1. The molecular weight excluding hydrogens is 692 g/mol. The molecule has 4 heterocycles. The van der Waals surface area contributed by atoms with Crippen molar-refractivity contribution < 1.29 is 115 Å². The topological polar surface area (TPSA) is 404 Å². The minimum Gasteiger partial charge on any atom is -0.481 e. The van der Waals surface area contributed by atoms with Gasteiger partial charge in [0.05, 0.1) is 19.8 Å². The van der Waals surface area contributed by atoms with Gasteiger partial charge in [-0.1, -0.05) is 0 Å². The lowest BCUT2D eigenvalue weighted by atomic mass is 9.63. The molecule has 16 N–H and O–H groups in total. The van der Waals surface area contributed by atoms with Crippen LogP contribution in [-0.4, -0.2) is 241 Å². The highest BCUT2D eigenvalue weighted by atomic mass is 16.6. The normalized spacial score (nSPS) is 50.7. The van der Waals surface area contributed by atoms with Crippen LogP contribution in [0.1, 0.15) is 6.42 Å². The SMILES string of the molecule is O=C(O)CC(=O)OC[C@H]1OC([C@]2(O)CO[C@H](C(O)[C@@H]3O[C@H](CO)[C@@H](O)[C@H](O)[C@H]3O)[C@@H](O)[C@@]2(O)[C@H]2O[C@@H](CO)[C@H](O)[C@@H](O)[C@@H]2O)[C@H](O)[C@@H](O)[C@@H]1O. The Balaban J connectivity index is 1.77. The van der Waals surface area contributed by atoms with Crippen molar-refractivity contribution >= 4 is 11.9 Å². The lowest BCUT2D eigenvalue weighted by Gasteiger charge is -2.61. The third-order valence-corrected chi connectivity index (χ3v) is 9.77. The monoisotopic (exact) mass is 736 g/mol. The van der Waals surface area contributed by atoms with Gasteiger partial charge in [0, 0.05) is 0 Å². The number of aliphatic hydroxyl groups excluding tert-OH is 13. The number of aliphatic hydroxyl groups is 15. The molecule has 0 amide bonds. The Bertz CT molecular complexity index is 1170. The van der Waals surface area contributed by atoms with Crippen molar-refractivity contribution in [1.82, 2.24) is 0 Å². The second kappa shape index (κ2) is 15.7. The molecule has 4 aliphatic rings. The van der Waals surface area contributed by atoms with Crippen molar-refractivity contribution in [1.29, 1.82) is 0 Å². The first kappa shape index (κ1) is 40.9. The number of esters is 1. The van der Waals surface area contributed by atoms with Crippen LogP contribution in [0.5, 0.6) is 0 Å². The fourth-order valence-electron chi connectivity index (χ4n) is 6.84. The average molecular weight is 737 g/mol. The summed E-state index contributed by atoms with van der Waals surface area (Å²) in [7, 11) is 0. The summed E-state index contributed by atoms with van der Waals surface area (Å²) in [6.07, 6.45) is -40.7. The molecule has 23 heteroatoms. The molecule has 23 nitrogen and oxygen atoms in total. The average Bonchev–Trinajstić information content (AvgIpc) is 3.07. The van der Waals surface area contributed by atoms with Crippen LogP contribution in [0.2, 0.25) is 0 Å². The van der Waals surface area contributed by atoms with E-state index in [1.165, 1.54) is 0 Å². The van der Waals surface area contributed by atoms with E-state index in [0.717, 1.165) is 0 Å². The molecule has 4 aliphatic heterocycles. The predicted octanol–water partition coefficient (Wildman–Crippen LogP) is -10.9. The first-order chi connectivity index (χ1) is 23.3. The zero-order valence-corrected chi connectivity index (χ0v) is 25.9. The van der Waals surface area contributed by atoms with Crippen LogP contribution in [-0.2, 0) is 33.3 Å². The second-order valence-electron chi connectivity index (χ2n) is 12.8. The number of ether oxygens (including phenoxy) is 5. The van der Waals surface area contributed by atoms with E-state index in [0.29, 0.717) is 0 Å². The maximum atomic E-state index is 12.4. The van der Waals surface area contributed by atoms with Crippen LogP contribution in [0.25, 0.3) is 0 Å². The van der Waals surface area contributed by atoms with Gasteiger partial charge in [-0.15, -0.1) is 0 Å². The van der Waals surface area contributed by atoms with Gasteiger partial charge in [-0.25, -0.2) is 0 Å². The summed E-state index contributed by atoms with van der Waals surface area (Å²) in [5.74, 6) is -2.94. The Labute approximate surface area is 281 Å². The summed E-state index contributed by atoms with van der Waals surface area (Å²) in [4.78, 5) is 22.7. The van der Waals surface area contributed by atoms with Gasteiger partial charge in [-0.3, -0.25) is 9.59 Å². The highest BCUT2D eigenvalue weighted by Crippen LogP contribution is 2.47. The zero-order chi connectivity index (χ0) is 37.6. The van der Waals surface area contributed by atoms with E-state index in [-0.39, 0.29) is 0 Å². The molecule has 0 radical (unpaired) electrons. The van der Waals surface area contributed by atoms with Gasteiger partial charge >= 0.3 is 11.9 Å². The van der Waals surface area contributed by atoms with Crippen LogP contribution in [0.15, 0.2) is 0 Å². The summed E-state index contributed by atoms with van der Waals surface area (Å²) in [6.45, 7) is -4.47. The van der Waals surface area contributed by atoms with Crippen LogP contribution in [0, 0.1) is 0 Å². The molecule has 4 saturated heterocycles. The van der Waals surface area contributed by atoms with E-state index < -0.39 is 166 Å². The number of carboxylic acids is 1. The first-order valence-corrected chi connectivity index (χ1v) is 15.4. The molecule has 0 aromatic rings. The Morgan fingerprint density at radius 2 is 1.14 bits per heavy atom. The van der Waals surface area contributed by atoms with Crippen LogP contribution in [0.4, 0.5) is 0 Å². The molecule has 4 rings (SSSR count). The molecule has 20 atom stereocenters. The molecule has 4 fully saturated rings. The zero-order valence-electron chi connectivity index (χ0n) is 25.9. The van der Waals surface area contributed by atoms with Gasteiger partial charge in [0.25, 0.3) is 0 Å². The quantitative estimate of drug-likeness (QED) is 0.0731. The molecule has 0 aromatic heterocycles. The third-order valence-electron chi connectivity index (χ3n) is 9.77. The molecule has 0 aliphatic carbocycles. The van der Waals surface area contributed by atoms with Crippen molar-refractivity contribution in [3.05, 3.63) is 0 Å². The third kappa shape index (κ3) is 6.98. The fourth-order valence-corrected chi connectivity index (χ4v) is 6.84. The summed E-state index contributed by atoms with van der Waals surface area (Å²) in [6, 6.07) is 0. The Kier molecular flexibility index (Phi) is 12.8. The molecule has 50 heavy (non-hydrogen) atoms. The van der Waals surface area contributed by atoms with Crippen molar-refractivity contribution in [2.24, 2.45) is 0 Å². The van der Waals surface area contributed by atoms with Crippen molar-refractivity contribution in [2.75, 3.05) is 26.4 Å². The maximum Gasteiger partial charge on any atom is 0.317 e. The Morgan fingerprint density at radius 3 is 1.68 bits per heavy atom. The summed E-state index contributed by atoms with van der Waals surface area (Å²) < 4.78 is 26.5. The van der Waals surface area contributed by atoms with E-state index in [4.69, 9.17) is 28.8 Å². The fraction of sp³-hybridized carbons (Fsp3) is 0.926. The molecule has 2 unspecified atom stereocenters. The number of hydrogen-bond acceptors (Lipinski definition) is 22. The van der Waals surface area contributed by atoms with Crippen molar-refractivity contribution in [2.45, 2.75) is 127 Å². The minimum atomic E-state index is -3.61. The standard InChI is InChI=1S/C27H44O23/c28-2-6-11(33)14(36)17(39)21(48-6)20(42)22-23(43)27(45,25-19(41)15(37)12(34)7(3-29)49-25)26(44,5-47-22)24-18(40)16(38)13(35)8(50-24)4-46-10(32)1-9(30)31/h6-8,11-25,28-29,33-45H,1-5H2,(H,30,31)/t6-,7+,8-,11-,12+,13-,14+,15-,16+,17-,18-,19+,20?,21-,22-,23-,24?,25+,26-,27-/m1/s1. The lowest BCUT2D eigenvalue weighted by Crippen LogP contribution is -2.85. The van der Waals surface area contributed by atoms with Gasteiger partial charge in [-0.05, 0) is 0 Å². The number of rotatable bonds is 10. The van der Waals surface area contributed by atoms with E-state index in [9.17, 15) is 86.2 Å². The summed E-state index contributed by atoms with van der Waals surface area (Å²) >= 11 is 0. The number of carbonyl (C=O) groups excluding carboxylic acids is 1. The van der Waals surface area contributed by atoms with Gasteiger partial charge in [0.2, 0.25) is 0 Å². The van der Waals surface area contributed by atoms with E-state index in [2.05, 4.69) is 0 Å². The summed E-state index contributed by atoms with van der Waals surface area (Å²) in [5, 5.41) is 171. The number of aliphatic carboxylic acids is 1. The Morgan fingerprint density at radius 1 is 0.660 bits per heavy atom. The second-order valence-corrected chi connectivity index (χ2v) is 12.8. The highest BCUT2D eigenvalue weighted by molar-refractivity contribution is 5.90. The van der Waals surface area contributed by atoms with Gasteiger partial charge in [0.15, 0.2) is 11.2 Å². The van der Waals surface area contributed by atoms with Crippen molar-refractivity contribution in [3.63, 3.8) is 0 Å². The number of hydrogen-bond donors (Lipinski definition) is 16. The molecule has 0 bridgehead atoms. The molecular formula is C27H44O23. The van der Waals surface area contributed by atoms with Gasteiger partial charge in [0.1, 0.15) is 123 Å². The highest BCUT2D eigenvalue weighted by Gasteiger charge is 2.74. The van der Waals surface area contributed by atoms with Crippen LogP contribution >= 0.6 is 0 Å². The van der Waals surface area contributed by atoms with Crippen molar-refractivity contribution in [3.8, 4) is 0 Å². The minimum absolute atomic E-state index is 0.950. The smallest absolute Gasteiger partial charge is 0.317 e. The molecule has 290 valence electrons. The van der Waals surface area contributed by atoms with Gasteiger partial charge in [-0.2, -0.15) is 0 Å². The number of carbonyl (C=O) groups is 2. The van der Waals surface area contributed by atoms with Gasteiger partial charge < -0.3 is 105 Å². The lowest BCUT2D eigenvalue weighted by molar-refractivity contribution is -0.397. The summed E-state index contributed by atoms with van der Waals surface area (Å²) in [5.41, 5.74) is -7.01. The molecule has 0 aromatic carbocycles.